The van der Waals surface area contributed by atoms with Crippen LogP contribution in [0.4, 0.5) is 0 Å². The molecule has 2 aromatic heterocycles. The summed E-state index contributed by atoms with van der Waals surface area (Å²) in [5, 5.41) is 4.24. The van der Waals surface area contributed by atoms with Gasteiger partial charge in [-0.15, -0.1) is 0 Å². The van der Waals surface area contributed by atoms with E-state index in [1.165, 1.54) is 0 Å². The zero-order valence-corrected chi connectivity index (χ0v) is 15.4. The van der Waals surface area contributed by atoms with Gasteiger partial charge in [0.15, 0.2) is 0 Å². The number of ether oxygens (including phenoxy) is 1. The van der Waals surface area contributed by atoms with Crippen LogP contribution in [0, 0.1) is 6.92 Å². The minimum Gasteiger partial charge on any atom is -0.461 e. The van der Waals surface area contributed by atoms with Gasteiger partial charge < -0.3 is 14.1 Å². The average Bonchev–Trinajstić information content (AvgIpc) is 3.27. The Morgan fingerprint density at radius 3 is 2.89 bits per heavy atom. The lowest BCUT2D eigenvalue weighted by molar-refractivity contribution is 0.0367. The van der Waals surface area contributed by atoms with Crippen LogP contribution in [-0.4, -0.2) is 46.4 Å². The monoisotopic (exact) mass is 365 g/mol. The average molecular weight is 365 g/mol. The summed E-state index contributed by atoms with van der Waals surface area (Å²) in [5.74, 6) is 1.35. The Kier molecular flexibility index (Phi) is 5.07. The van der Waals surface area contributed by atoms with Crippen LogP contribution in [0.1, 0.15) is 22.5 Å². The van der Waals surface area contributed by atoms with Crippen molar-refractivity contribution >= 4 is 5.91 Å². The highest BCUT2D eigenvalue weighted by molar-refractivity contribution is 5.99. The SMILES string of the molecule is Cc1cc(C(=O)N2CCCOC(Cn3cccn3)C2)c(-c2ccccc2)o1. The first kappa shape index (κ1) is 17.5. The van der Waals surface area contributed by atoms with Crippen LogP contribution >= 0.6 is 0 Å². The lowest BCUT2D eigenvalue weighted by atomic mass is 10.1. The highest BCUT2D eigenvalue weighted by atomic mass is 16.5. The zero-order chi connectivity index (χ0) is 18.6. The van der Waals surface area contributed by atoms with E-state index in [1.54, 1.807) is 6.20 Å². The quantitative estimate of drug-likeness (QED) is 0.711. The van der Waals surface area contributed by atoms with Crippen LogP contribution in [0.2, 0.25) is 0 Å². The molecule has 6 nitrogen and oxygen atoms in total. The molecule has 4 rings (SSSR count). The van der Waals surface area contributed by atoms with Gasteiger partial charge in [0.2, 0.25) is 0 Å². The third kappa shape index (κ3) is 3.95. The number of carbonyl (C=O) groups is 1. The standard InChI is InChI=1S/C21H23N3O3/c1-16-13-19(20(27-16)17-7-3-2-4-8-17)21(25)23-10-6-12-26-18(14-23)15-24-11-5-9-22-24/h2-5,7-9,11,13,18H,6,10,12,14-15H2,1H3. The lowest BCUT2D eigenvalue weighted by Gasteiger charge is -2.24. The van der Waals surface area contributed by atoms with Gasteiger partial charge in [-0.2, -0.15) is 5.10 Å². The second-order valence-corrected chi connectivity index (χ2v) is 6.79. The van der Waals surface area contributed by atoms with Gasteiger partial charge in [-0.25, -0.2) is 0 Å². The highest BCUT2D eigenvalue weighted by Gasteiger charge is 2.27. The number of benzene rings is 1. The number of hydrogen-bond donors (Lipinski definition) is 0. The van der Waals surface area contributed by atoms with E-state index in [2.05, 4.69) is 5.10 Å². The first-order valence-corrected chi connectivity index (χ1v) is 9.25. The van der Waals surface area contributed by atoms with Crippen LogP contribution in [-0.2, 0) is 11.3 Å². The van der Waals surface area contributed by atoms with Crippen molar-refractivity contribution in [2.75, 3.05) is 19.7 Å². The molecule has 27 heavy (non-hydrogen) atoms. The molecule has 1 aliphatic heterocycles. The van der Waals surface area contributed by atoms with Crippen LogP contribution < -0.4 is 0 Å². The van der Waals surface area contributed by atoms with Crippen molar-refractivity contribution in [2.45, 2.75) is 26.0 Å². The van der Waals surface area contributed by atoms with Gasteiger partial charge in [0.05, 0.1) is 18.2 Å². The first-order valence-electron chi connectivity index (χ1n) is 9.25. The minimum atomic E-state index is -0.0791. The Morgan fingerprint density at radius 2 is 2.11 bits per heavy atom. The zero-order valence-electron chi connectivity index (χ0n) is 15.4. The molecule has 1 fully saturated rings. The molecule has 1 unspecified atom stereocenters. The first-order chi connectivity index (χ1) is 13.2. The van der Waals surface area contributed by atoms with Gasteiger partial charge in [-0.3, -0.25) is 9.48 Å². The van der Waals surface area contributed by atoms with Crippen LogP contribution in [0.5, 0.6) is 0 Å². The maximum Gasteiger partial charge on any atom is 0.257 e. The normalized spacial score (nSPS) is 17.7. The van der Waals surface area contributed by atoms with E-state index in [1.807, 2.05) is 65.2 Å². The van der Waals surface area contributed by atoms with E-state index >= 15 is 0 Å². The number of amides is 1. The summed E-state index contributed by atoms with van der Waals surface area (Å²) in [4.78, 5) is 15.2. The molecule has 1 amide bonds. The highest BCUT2D eigenvalue weighted by Crippen LogP contribution is 2.28. The van der Waals surface area contributed by atoms with Crippen molar-refractivity contribution in [3.05, 3.63) is 66.2 Å². The van der Waals surface area contributed by atoms with E-state index < -0.39 is 0 Å². The van der Waals surface area contributed by atoms with Crippen molar-refractivity contribution in [1.82, 2.24) is 14.7 Å². The Hall–Kier alpha value is -2.86. The second-order valence-electron chi connectivity index (χ2n) is 6.79. The molecule has 0 radical (unpaired) electrons. The van der Waals surface area contributed by atoms with E-state index in [-0.39, 0.29) is 12.0 Å². The van der Waals surface area contributed by atoms with E-state index in [0.717, 1.165) is 17.7 Å². The molecule has 1 aromatic carbocycles. The number of carbonyl (C=O) groups excluding carboxylic acids is 1. The van der Waals surface area contributed by atoms with Gasteiger partial charge in [-0.1, -0.05) is 30.3 Å². The van der Waals surface area contributed by atoms with Gasteiger partial charge in [0.25, 0.3) is 5.91 Å². The summed E-state index contributed by atoms with van der Waals surface area (Å²) in [6, 6.07) is 13.5. The molecule has 0 spiro atoms. The fourth-order valence-electron chi connectivity index (χ4n) is 3.45. The molecular weight excluding hydrogens is 342 g/mol. The smallest absolute Gasteiger partial charge is 0.257 e. The predicted molar refractivity (Wildman–Crippen MR) is 101 cm³/mol. The molecule has 1 aliphatic rings. The minimum absolute atomic E-state index is 0.0123. The van der Waals surface area contributed by atoms with Gasteiger partial charge in [0.1, 0.15) is 11.5 Å². The molecule has 6 heteroatoms. The van der Waals surface area contributed by atoms with Crippen molar-refractivity contribution < 1.29 is 13.9 Å². The number of aryl methyl sites for hydroxylation is 1. The second kappa shape index (κ2) is 7.80. The maximum atomic E-state index is 13.3. The van der Waals surface area contributed by atoms with Gasteiger partial charge in [-0.05, 0) is 25.5 Å². The summed E-state index contributed by atoms with van der Waals surface area (Å²) in [5.41, 5.74) is 1.52. The molecule has 3 aromatic rings. The molecular formula is C21H23N3O3. The van der Waals surface area contributed by atoms with E-state index in [9.17, 15) is 4.79 Å². The van der Waals surface area contributed by atoms with E-state index in [0.29, 0.717) is 37.6 Å². The third-order valence-electron chi connectivity index (χ3n) is 4.71. The fraction of sp³-hybridized carbons (Fsp3) is 0.333. The molecule has 0 N–H and O–H groups in total. The van der Waals surface area contributed by atoms with Crippen molar-refractivity contribution in [3.8, 4) is 11.3 Å². The topological polar surface area (TPSA) is 60.5 Å². The fourth-order valence-corrected chi connectivity index (χ4v) is 3.45. The Labute approximate surface area is 158 Å². The Bertz CT molecular complexity index is 887. The van der Waals surface area contributed by atoms with Crippen molar-refractivity contribution in [3.63, 3.8) is 0 Å². The van der Waals surface area contributed by atoms with E-state index in [4.69, 9.17) is 9.15 Å². The summed E-state index contributed by atoms with van der Waals surface area (Å²) in [7, 11) is 0. The maximum absolute atomic E-state index is 13.3. The molecule has 1 atom stereocenters. The number of rotatable bonds is 4. The van der Waals surface area contributed by atoms with Crippen LogP contribution in [0.15, 0.2) is 59.3 Å². The molecule has 0 aliphatic carbocycles. The Balaban J connectivity index is 1.56. The van der Waals surface area contributed by atoms with Crippen LogP contribution in [0.3, 0.4) is 0 Å². The van der Waals surface area contributed by atoms with Crippen molar-refractivity contribution in [1.29, 1.82) is 0 Å². The number of hydrogen-bond acceptors (Lipinski definition) is 4. The number of nitrogens with zero attached hydrogens (tertiary/aromatic N) is 3. The van der Waals surface area contributed by atoms with Gasteiger partial charge >= 0.3 is 0 Å². The summed E-state index contributed by atoms with van der Waals surface area (Å²) < 4.78 is 13.6. The summed E-state index contributed by atoms with van der Waals surface area (Å²) >= 11 is 0. The predicted octanol–water partition coefficient (Wildman–Crippen LogP) is 3.38. The van der Waals surface area contributed by atoms with Crippen molar-refractivity contribution in [2.24, 2.45) is 0 Å². The molecule has 0 bridgehead atoms. The number of furan rings is 1. The number of aromatic nitrogens is 2. The van der Waals surface area contributed by atoms with Crippen LogP contribution in [0.25, 0.3) is 11.3 Å². The third-order valence-corrected chi connectivity index (χ3v) is 4.71. The molecule has 140 valence electrons. The summed E-state index contributed by atoms with van der Waals surface area (Å²) in [6.45, 7) is 4.36. The van der Waals surface area contributed by atoms with Gasteiger partial charge in [0, 0.05) is 37.7 Å². The molecule has 1 saturated heterocycles. The summed E-state index contributed by atoms with van der Waals surface area (Å²) in [6.07, 6.45) is 4.40. The lowest BCUT2D eigenvalue weighted by Crippen LogP contribution is -2.38. The Morgan fingerprint density at radius 1 is 1.26 bits per heavy atom. The molecule has 0 saturated carbocycles. The molecule has 3 heterocycles. The largest absolute Gasteiger partial charge is 0.461 e.